The Morgan fingerprint density at radius 2 is 0.930 bits per heavy atom. The first-order valence-corrected chi connectivity index (χ1v) is 25.4. The molecule has 0 saturated carbocycles. The van der Waals surface area contributed by atoms with E-state index in [2.05, 4.69) is 13.5 Å². The molecule has 0 fully saturated rings. The molecule has 0 rings (SSSR count). The fourth-order valence-electron chi connectivity index (χ4n) is 6.94. The summed E-state index contributed by atoms with van der Waals surface area (Å²) in [6.07, 6.45) is 41.5. The largest absolute Gasteiger partial charge is 0.472 e. The predicted octanol–water partition coefficient (Wildman–Crippen LogP) is 13.8. The van der Waals surface area contributed by atoms with E-state index in [1.54, 1.807) is 0 Å². The number of phosphoric ester groups is 1. The first-order chi connectivity index (χ1) is 27.5. The number of esters is 2. The van der Waals surface area contributed by atoms with E-state index < -0.39 is 26.5 Å². The molecule has 0 saturated heterocycles. The average molecular weight is 831 g/mol. The summed E-state index contributed by atoms with van der Waals surface area (Å²) in [4.78, 5) is 35.4. The Bertz CT molecular complexity index is 972. The van der Waals surface area contributed by atoms with Crippen LogP contribution in [0.2, 0.25) is 0 Å². The third-order valence-corrected chi connectivity index (χ3v) is 11.7. The van der Waals surface area contributed by atoms with Crippen molar-refractivity contribution in [3.8, 4) is 0 Å². The monoisotopic (exact) mass is 831 g/mol. The molecule has 0 aromatic rings. The number of hydrogen-bond donors (Lipinski definition) is 1. The summed E-state index contributed by atoms with van der Waals surface area (Å²) in [5, 5.41) is 0. The van der Waals surface area contributed by atoms with E-state index in [9.17, 15) is 19.0 Å². The van der Waals surface area contributed by atoms with Gasteiger partial charge in [-0.15, -0.1) is 6.58 Å². The van der Waals surface area contributed by atoms with Crippen molar-refractivity contribution in [3.05, 3.63) is 12.7 Å². The number of quaternary nitrogens is 1. The van der Waals surface area contributed by atoms with Crippen LogP contribution in [0.3, 0.4) is 0 Å². The second-order valence-electron chi connectivity index (χ2n) is 17.6. The first-order valence-electron chi connectivity index (χ1n) is 23.9. The van der Waals surface area contributed by atoms with Crippen LogP contribution in [0.1, 0.15) is 225 Å². The second kappa shape index (κ2) is 40.2. The van der Waals surface area contributed by atoms with Crippen LogP contribution in [0.4, 0.5) is 0 Å². The molecule has 338 valence electrons. The molecule has 0 aliphatic carbocycles. The molecule has 0 aliphatic heterocycles. The van der Waals surface area contributed by atoms with Gasteiger partial charge in [-0.1, -0.05) is 193 Å². The molecule has 57 heavy (non-hydrogen) atoms. The molecule has 1 unspecified atom stereocenters. The highest BCUT2D eigenvalue weighted by atomic mass is 31.2. The van der Waals surface area contributed by atoms with Gasteiger partial charge in [-0.2, -0.15) is 0 Å². The van der Waals surface area contributed by atoms with Crippen LogP contribution in [-0.4, -0.2) is 74.9 Å². The molecule has 0 amide bonds. The molecule has 0 spiro atoms. The van der Waals surface area contributed by atoms with Crippen LogP contribution in [0.5, 0.6) is 0 Å². The lowest BCUT2D eigenvalue weighted by molar-refractivity contribution is -0.870. The van der Waals surface area contributed by atoms with Gasteiger partial charge in [0.1, 0.15) is 19.8 Å². The first kappa shape index (κ1) is 55.8. The van der Waals surface area contributed by atoms with Crippen molar-refractivity contribution in [3.63, 3.8) is 0 Å². The molecule has 0 aliphatic rings. The zero-order chi connectivity index (χ0) is 42.1. The van der Waals surface area contributed by atoms with Gasteiger partial charge in [-0.3, -0.25) is 18.6 Å². The van der Waals surface area contributed by atoms with Crippen LogP contribution in [0.25, 0.3) is 0 Å². The smallest absolute Gasteiger partial charge is 0.462 e. The molecule has 10 heteroatoms. The number of ether oxygens (including phenoxy) is 2. The molecule has 2 atom stereocenters. The number of carbonyl (C=O) groups excluding carboxylic acids is 2. The van der Waals surface area contributed by atoms with Gasteiger partial charge in [0.15, 0.2) is 6.10 Å². The summed E-state index contributed by atoms with van der Waals surface area (Å²) in [5.74, 6) is -0.787. The van der Waals surface area contributed by atoms with Crippen LogP contribution < -0.4 is 0 Å². The highest BCUT2D eigenvalue weighted by Crippen LogP contribution is 2.43. The number of nitrogens with zero attached hydrogens (tertiary/aromatic N) is 1. The second-order valence-corrected chi connectivity index (χ2v) is 19.0. The topological polar surface area (TPSA) is 108 Å². The van der Waals surface area contributed by atoms with Crippen LogP contribution in [0.15, 0.2) is 12.7 Å². The van der Waals surface area contributed by atoms with Gasteiger partial charge >= 0.3 is 19.8 Å². The minimum Gasteiger partial charge on any atom is -0.462 e. The van der Waals surface area contributed by atoms with E-state index >= 15 is 0 Å². The summed E-state index contributed by atoms with van der Waals surface area (Å²) < 4.78 is 34.4. The number of unbranched alkanes of at least 4 members (excludes halogenated alkanes) is 30. The van der Waals surface area contributed by atoms with E-state index in [-0.39, 0.29) is 25.6 Å². The highest BCUT2D eigenvalue weighted by molar-refractivity contribution is 7.47. The number of allylic oxidation sites excluding steroid dienone is 1. The van der Waals surface area contributed by atoms with Crippen molar-refractivity contribution < 1.29 is 42.1 Å². The molecular formula is C47H93NO8P+. The maximum absolute atomic E-state index is 12.7. The fourth-order valence-corrected chi connectivity index (χ4v) is 7.68. The molecule has 1 N–H and O–H groups in total. The summed E-state index contributed by atoms with van der Waals surface area (Å²) in [5.41, 5.74) is 0. The zero-order valence-corrected chi connectivity index (χ0v) is 38.8. The van der Waals surface area contributed by atoms with Crippen molar-refractivity contribution in [2.45, 2.75) is 231 Å². The van der Waals surface area contributed by atoms with Gasteiger partial charge in [0, 0.05) is 12.8 Å². The molecular weight excluding hydrogens is 737 g/mol. The van der Waals surface area contributed by atoms with E-state index in [1.807, 2.05) is 27.2 Å². The standard InChI is InChI=1S/C47H92NO8P/c1-6-8-10-12-14-16-18-20-22-23-24-26-27-29-31-33-35-37-39-46(49)53-43-45(44-55-57(51,52)54-42-41-48(3,4)5)56-47(50)40-38-36-34-32-30-28-25-21-19-17-15-13-11-9-7-2/h7,45H,2,6,8-44H2,1,3-5H3/p+1/t45-/m1/s1. The Morgan fingerprint density at radius 1 is 0.561 bits per heavy atom. The summed E-state index contributed by atoms with van der Waals surface area (Å²) in [6, 6.07) is 0. The number of rotatable bonds is 45. The van der Waals surface area contributed by atoms with Crippen LogP contribution >= 0.6 is 7.82 Å². The van der Waals surface area contributed by atoms with Crippen LogP contribution in [-0.2, 0) is 32.7 Å². The van der Waals surface area contributed by atoms with E-state index in [0.717, 1.165) is 38.5 Å². The van der Waals surface area contributed by atoms with Gasteiger partial charge in [-0.25, -0.2) is 4.57 Å². The van der Waals surface area contributed by atoms with E-state index in [1.165, 1.54) is 161 Å². The molecule has 0 bridgehead atoms. The molecule has 9 nitrogen and oxygen atoms in total. The third kappa shape index (κ3) is 44.1. The number of likely N-dealkylation sites (N-methyl/N-ethyl adjacent to an activating group) is 1. The predicted molar refractivity (Wildman–Crippen MR) is 238 cm³/mol. The lowest BCUT2D eigenvalue weighted by Gasteiger charge is -2.24. The third-order valence-electron chi connectivity index (χ3n) is 10.7. The number of carbonyl (C=O) groups is 2. The minimum atomic E-state index is -4.37. The van der Waals surface area contributed by atoms with Gasteiger partial charge in [0.25, 0.3) is 0 Å². The quantitative estimate of drug-likeness (QED) is 0.0212. The Balaban J connectivity index is 4.24. The molecule has 0 aromatic heterocycles. The Labute approximate surface area is 352 Å². The van der Waals surface area contributed by atoms with Crippen molar-refractivity contribution in [1.82, 2.24) is 0 Å². The maximum atomic E-state index is 12.7. The van der Waals surface area contributed by atoms with Crippen molar-refractivity contribution in [2.75, 3.05) is 47.5 Å². The fraction of sp³-hybridized carbons (Fsp3) is 0.915. The molecule has 0 radical (unpaired) electrons. The van der Waals surface area contributed by atoms with E-state index in [0.29, 0.717) is 23.9 Å². The zero-order valence-electron chi connectivity index (χ0n) is 37.9. The van der Waals surface area contributed by atoms with E-state index in [4.69, 9.17) is 18.5 Å². The lowest BCUT2D eigenvalue weighted by Crippen LogP contribution is -2.37. The SMILES string of the molecule is C=CCCCCCCCCCCCCCCCC(=O)O[C@H](COC(=O)CCCCCCCCCCCCCCCCCCCC)COP(=O)(O)OCC[N+](C)(C)C. The summed E-state index contributed by atoms with van der Waals surface area (Å²) in [6.45, 7) is 5.98. The van der Waals surface area contributed by atoms with Crippen molar-refractivity contribution in [2.24, 2.45) is 0 Å². The highest BCUT2D eigenvalue weighted by Gasteiger charge is 2.27. The van der Waals surface area contributed by atoms with Gasteiger partial charge < -0.3 is 18.9 Å². The van der Waals surface area contributed by atoms with Crippen molar-refractivity contribution in [1.29, 1.82) is 0 Å². The number of phosphoric acid groups is 1. The summed E-state index contributed by atoms with van der Waals surface area (Å²) >= 11 is 0. The Kier molecular flexibility index (Phi) is 39.3. The Morgan fingerprint density at radius 3 is 1.32 bits per heavy atom. The van der Waals surface area contributed by atoms with Gasteiger partial charge in [-0.05, 0) is 25.7 Å². The van der Waals surface area contributed by atoms with Gasteiger partial charge in [0.05, 0.1) is 27.7 Å². The molecule has 0 heterocycles. The molecule has 0 aromatic carbocycles. The lowest BCUT2D eigenvalue weighted by atomic mass is 10.0. The normalized spacial score (nSPS) is 13.4. The number of hydrogen-bond acceptors (Lipinski definition) is 7. The summed E-state index contributed by atoms with van der Waals surface area (Å²) in [7, 11) is 1.49. The Hall–Kier alpha value is -1.25. The van der Waals surface area contributed by atoms with Gasteiger partial charge in [0.2, 0.25) is 0 Å². The minimum absolute atomic E-state index is 0.0345. The van der Waals surface area contributed by atoms with Crippen molar-refractivity contribution >= 4 is 19.8 Å². The van der Waals surface area contributed by atoms with Crippen LogP contribution in [0, 0.1) is 0 Å². The maximum Gasteiger partial charge on any atom is 0.472 e. The average Bonchev–Trinajstić information content (AvgIpc) is 3.16.